The van der Waals surface area contributed by atoms with Crippen LogP contribution in [0.25, 0.3) is 0 Å². The minimum Gasteiger partial charge on any atom is -0.494 e. The molecule has 1 N–H and O–H groups in total. The molecule has 3 nitrogen and oxygen atoms in total. The summed E-state index contributed by atoms with van der Waals surface area (Å²) < 4.78 is 11.0. The third kappa shape index (κ3) is 7.87. The van der Waals surface area contributed by atoms with E-state index >= 15 is 0 Å². The summed E-state index contributed by atoms with van der Waals surface area (Å²) in [5.41, 5.74) is 1.06. The van der Waals surface area contributed by atoms with Crippen molar-refractivity contribution < 1.29 is 9.47 Å². The van der Waals surface area contributed by atoms with Gasteiger partial charge in [-0.1, -0.05) is 30.4 Å². The van der Waals surface area contributed by atoms with E-state index in [2.05, 4.69) is 11.9 Å². The summed E-state index contributed by atoms with van der Waals surface area (Å²) in [6.07, 6.45) is 0.995. The SMILES string of the molecule is C=C(C)COCCNCCCOc1ccccc1. The zero-order chi connectivity index (χ0) is 13.1. The maximum Gasteiger partial charge on any atom is 0.119 e. The molecule has 0 bridgehead atoms. The van der Waals surface area contributed by atoms with Crippen LogP contribution >= 0.6 is 0 Å². The fourth-order valence-corrected chi connectivity index (χ4v) is 1.42. The molecule has 1 rings (SSSR count). The number of benzene rings is 1. The van der Waals surface area contributed by atoms with Gasteiger partial charge in [0.1, 0.15) is 5.75 Å². The van der Waals surface area contributed by atoms with Gasteiger partial charge >= 0.3 is 0 Å². The van der Waals surface area contributed by atoms with Crippen molar-refractivity contribution >= 4 is 0 Å². The predicted molar refractivity (Wildman–Crippen MR) is 75.1 cm³/mol. The van der Waals surface area contributed by atoms with Gasteiger partial charge in [0.25, 0.3) is 0 Å². The van der Waals surface area contributed by atoms with Crippen LogP contribution in [0.15, 0.2) is 42.5 Å². The summed E-state index contributed by atoms with van der Waals surface area (Å²) in [5, 5.41) is 3.31. The Morgan fingerprint density at radius 1 is 1.17 bits per heavy atom. The highest BCUT2D eigenvalue weighted by Crippen LogP contribution is 2.07. The first-order valence-electron chi connectivity index (χ1n) is 6.40. The van der Waals surface area contributed by atoms with Crippen LogP contribution in [-0.4, -0.2) is 32.9 Å². The lowest BCUT2D eigenvalue weighted by Crippen LogP contribution is -2.22. The second-order valence-corrected chi connectivity index (χ2v) is 4.27. The molecule has 0 saturated heterocycles. The van der Waals surface area contributed by atoms with Crippen LogP contribution in [0.1, 0.15) is 13.3 Å². The molecule has 0 aliphatic rings. The fourth-order valence-electron chi connectivity index (χ4n) is 1.42. The lowest BCUT2D eigenvalue weighted by molar-refractivity contribution is 0.157. The molecule has 0 radical (unpaired) electrons. The normalized spacial score (nSPS) is 10.3. The predicted octanol–water partition coefficient (Wildman–Crippen LogP) is 2.64. The summed E-state index contributed by atoms with van der Waals surface area (Å²) in [5.74, 6) is 0.933. The van der Waals surface area contributed by atoms with Gasteiger partial charge in [0.05, 0.1) is 19.8 Å². The van der Waals surface area contributed by atoms with Crippen LogP contribution in [0, 0.1) is 0 Å². The minimum absolute atomic E-state index is 0.652. The van der Waals surface area contributed by atoms with E-state index in [0.29, 0.717) is 6.61 Å². The topological polar surface area (TPSA) is 30.5 Å². The molecule has 1 aromatic carbocycles. The monoisotopic (exact) mass is 249 g/mol. The van der Waals surface area contributed by atoms with Crippen molar-refractivity contribution in [1.29, 1.82) is 0 Å². The molecular weight excluding hydrogens is 226 g/mol. The molecule has 0 fully saturated rings. The van der Waals surface area contributed by atoms with Crippen molar-refractivity contribution in [2.24, 2.45) is 0 Å². The van der Waals surface area contributed by atoms with E-state index in [1.165, 1.54) is 0 Å². The molecule has 0 heterocycles. The van der Waals surface area contributed by atoms with E-state index in [9.17, 15) is 0 Å². The number of hydrogen-bond acceptors (Lipinski definition) is 3. The smallest absolute Gasteiger partial charge is 0.119 e. The number of nitrogens with one attached hydrogen (secondary N) is 1. The molecule has 0 aromatic heterocycles. The molecule has 18 heavy (non-hydrogen) atoms. The molecule has 100 valence electrons. The Labute approximate surface area is 110 Å². The highest BCUT2D eigenvalue weighted by Gasteiger charge is 1.92. The van der Waals surface area contributed by atoms with E-state index in [4.69, 9.17) is 9.47 Å². The molecule has 0 aliphatic heterocycles. The number of ether oxygens (including phenoxy) is 2. The molecular formula is C15H23NO2. The van der Waals surface area contributed by atoms with Gasteiger partial charge in [0.15, 0.2) is 0 Å². The van der Waals surface area contributed by atoms with Crippen LogP contribution in [0.5, 0.6) is 5.75 Å². The molecule has 0 saturated carbocycles. The van der Waals surface area contributed by atoms with Crippen molar-refractivity contribution in [3.05, 3.63) is 42.5 Å². The van der Waals surface area contributed by atoms with Gasteiger partial charge in [-0.2, -0.15) is 0 Å². The van der Waals surface area contributed by atoms with Gasteiger partial charge in [0.2, 0.25) is 0 Å². The number of rotatable bonds is 10. The van der Waals surface area contributed by atoms with Crippen LogP contribution in [0.4, 0.5) is 0 Å². The molecule has 0 spiro atoms. The molecule has 0 unspecified atom stereocenters. The Morgan fingerprint density at radius 2 is 1.94 bits per heavy atom. The zero-order valence-electron chi connectivity index (χ0n) is 11.2. The Bertz CT molecular complexity index is 325. The first-order valence-corrected chi connectivity index (χ1v) is 6.40. The van der Waals surface area contributed by atoms with Crippen LogP contribution in [-0.2, 0) is 4.74 Å². The molecule has 0 aliphatic carbocycles. The van der Waals surface area contributed by atoms with E-state index in [1.807, 2.05) is 37.3 Å². The average Bonchev–Trinajstić information content (AvgIpc) is 2.37. The van der Waals surface area contributed by atoms with Gasteiger partial charge in [-0.25, -0.2) is 0 Å². The minimum atomic E-state index is 0.652. The van der Waals surface area contributed by atoms with Gasteiger partial charge < -0.3 is 14.8 Å². The Hall–Kier alpha value is -1.32. The summed E-state index contributed by atoms with van der Waals surface area (Å²) >= 11 is 0. The molecule has 0 amide bonds. The zero-order valence-corrected chi connectivity index (χ0v) is 11.2. The van der Waals surface area contributed by atoms with Crippen LogP contribution in [0.3, 0.4) is 0 Å². The molecule has 1 aromatic rings. The van der Waals surface area contributed by atoms with Gasteiger partial charge in [-0.05, 0) is 32.0 Å². The van der Waals surface area contributed by atoms with Crippen molar-refractivity contribution in [1.82, 2.24) is 5.32 Å². The maximum atomic E-state index is 5.58. The molecule has 0 atom stereocenters. The lowest BCUT2D eigenvalue weighted by atomic mass is 10.3. The van der Waals surface area contributed by atoms with Crippen molar-refractivity contribution in [3.8, 4) is 5.75 Å². The second kappa shape index (κ2) is 9.68. The van der Waals surface area contributed by atoms with Crippen molar-refractivity contribution in [2.75, 3.05) is 32.9 Å². The summed E-state index contributed by atoms with van der Waals surface area (Å²) in [6.45, 7) is 9.69. The van der Waals surface area contributed by atoms with Crippen molar-refractivity contribution in [3.63, 3.8) is 0 Å². The second-order valence-electron chi connectivity index (χ2n) is 4.27. The maximum absolute atomic E-state index is 5.58. The Morgan fingerprint density at radius 3 is 2.67 bits per heavy atom. The van der Waals surface area contributed by atoms with E-state index < -0.39 is 0 Å². The third-order valence-electron chi connectivity index (χ3n) is 2.28. The highest BCUT2D eigenvalue weighted by atomic mass is 16.5. The van der Waals surface area contributed by atoms with Crippen LogP contribution < -0.4 is 10.1 Å². The third-order valence-corrected chi connectivity index (χ3v) is 2.28. The van der Waals surface area contributed by atoms with E-state index in [0.717, 1.165) is 44.0 Å². The molecule has 3 heteroatoms. The fraction of sp³-hybridized carbons (Fsp3) is 0.467. The Kier molecular flexibility index (Phi) is 7.93. The first-order chi connectivity index (χ1) is 8.79. The van der Waals surface area contributed by atoms with Gasteiger partial charge in [-0.15, -0.1) is 0 Å². The van der Waals surface area contributed by atoms with Crippen LogP contribution in [0.2, 0.25) is 0 Å². The number of para-hydroxylation sites is 1. The van der Waals surface area contributed by atoms with E-state index in [1.54, 1.807) is 0 Å². The van der Waals surface area contributed by atoms with E-state index in [-0.39, 0.29) is 0 Å². The van der Waals surface area contributed by atoms with Gasteiger partial charge in [0, 0.05) is 6.54 Å². The van der Waals surface area contributed by atoms with Crippen molar-refractivity contribution in [2.45, 2.75) is 13.3 Å². The van der Waals surface area contributed by atoms with Gasteiger partial charge in [-0.3, -0.25) is 0 Å². The summed E-state index contributed by atoms with van der Waals surface area (Å²) in [7, 11) is 0. The lowest BCUT2D eigenvalue weighted by Gasteiger charge is -2.07. The largest absolute Gasteiger partial charge is 0.494 e. The average molecular weight is 249 g/mol. The first kappa shape index (κ1) is 14.7. The Balaban J connectivity index is 1.86. The summed E-state index contributed by atoms with van der Waals surface area (Å²) in [6, 6.07) is 9.89. The quantitative estimate of drug-likeness (QED) is 0.511. The highest BCUT2D eigenvalue weighted by molar-refractivity contribution is 5.20. The standard InChI is InChI=1S/C15H23NO2/c1-14(2)13-17-12-10-16-9-6-11-18-15-7-4-3-5-8-15/h3-5,7-8,16H,1,6,9-13H2,2H3. The summed E-state index contributed by atoms with van der Waals surface area (Å²) in [4.78, 5) is 0. The number of hydrogen-bond donors (Lipinski definition) is 1.